The number of rotatable bonds is 0. The van der Waals surface area contributed by atoms with Crippen LogP contribution in [0.3, 0.4) is 0 Å². The molecule has 2 rings (SSSR count). The van der Waals surface area contributed by atoms with Gasteiger partial charge in [-0.3, -0.25) is 4.79 Å². The van der Waals surface area contributed by atoms with E-state index >= 15 is 0 Å². The second-order valence-electron chi connectivity index (χ2n) is 3.77. The van der Waals surface area contributed by atoms with E-state index in [1.807, 2.05) is 6.92 Å². The average Bonchev–Trinajstić information content (AvgIpc) is 2.54. The summed E-state index contributed by atoms with van der Waals surface area (Å²) in [6.45, 7) is 4.28. The van der Waals surface area contributed by atoms with Crippen LogP contribution in [-0.2, 0) is 13.6 Å². The summed E-state index contributed by atoms with van der Waals surface area (Å²) in [6, 6.07) is 0.131. The second-order valence-corrected chi connectivity index (χ2v) is 3.77. The van der Waals surface area contributed by atoms with Crippen molar-refractivity contribution in [3.63, 3.8) is 0 Å². The van der Waals surface area contributed by atoms with Gasteiger partial charge in [0.25, 0.3) is 5.56 Å². The molecule has 0 aromatic carbocycles. The number of nitrogens with one attached hydrogen (secondary N) is 1. The van der Waals surface area contributed by atoms with Crippen molar-refractivity contribution in [3.8, 4) is 0 Å². The first-order chi connectivity index (χ1) is 6.54. The van der Waals surface area contributed by atoms with Gasteiger partial charge in [0, 0.05) is 25.3 Å². The molecule has 84 valence electrons. The Morgan fingerprint density at radius 3 is 2.73 bits per heavy atom. The van der Waals surface area contributed by atoms with Crippen molar-refractivity contribution in [2.75, 3.05) is 0 Å². The first-order valence-electron chi connectivity index (χ1n) is 4.65. The van der Waals surface area contributed by atoms with Crippen LogP contribution in [0.15, 0.2) is 4.79 Å². The van der Waals surface area contributed by atoms with Crippen molar-refractivity contribution in [3.05, 3.63) is 33.0 Å². The normalized spacial score (nSPS) is 18.5. The molecule has 0 fully saturated rings. The standard InChI is InChI=1S/C10H13FN2O.ClH/c1-5-8-6(2)12-4-7(8)13(3)10(14)9(5)11;/h6,12H,4H2,1-3H3;1H/t6-;/m1./s1. The highest BCUT2D eigenvalue weighted by atomic mass is 35.5. The van der Waals surface area contributed by atoms with Crippen molar-refractivity contribution >= 4 is 12.4 Å². The highest BCUT2D eigenvalue weighted by Gasteiger charge is 2.25. The lowest BCUT2D eigenvalue weighted by molar-refractivity contribution is 0.572. The number of nitrogens with zero attached hydrogens (tertiary/aromatic N) is 1. The number of hydrogen-bond donors (Lipinski definition) is 1. The molecule has 0 spiro atoms. The van der Waals surface area contributed by atoms with E-state index in [1.54, 1.807) is 14.0 Å². The van der Waals surface area contributed by atoms with Gasteiger partial charge in [-0.1, -0.05) is 0 Å². The first-order valence-corrected chi connectivity index (χ1v) is 4.65. The van der Waals surface area contributed by atoms with Crippen LogP contribution in [0.2, 0.25) is 0 Å². The second kappa shape index (κ2) is 3.94. The van der Waals surface area contributed by atoms with E-state index in [2.05, 4.69) is 5.32 Å². The van der Waals surface area contributed by atoms with Gasteiger partial charge in [0.05, 0.1) is 0 Å². The van der Waals surface area contributed by atoms with Crippen LogP contribution in [0, 0.1) is 12.7 Å². The fraction of sp³-hybridized carbons (Fsp3) is 0.500. The molecule has 0 radical (unpaired) electrons. The molecular formula is C10H14ClFN2O. The predicted molar refractivity (Wildman–Crippen MR) is 58.9 cm³/mol. The Morgan fingerprint density at radius 1 is 1.53 bits per heavy atom. The Hall–Kier alpha value is -0.870. The molecule has 15 heavy (non-hydrogen) atoms. The zero-order valence-corrected chi connectivity index (χ0v) is 9.74. The number of halogens is 2. The van der Waals surface area contributed by atoms with Crippen LogP contribution in [-0.4, -0.2) is 4.57 Å². The SMILES string of the molecule is Cc1c2c(n(C)c(=O)c1F)CN[C@@H]2C.Cl. The van der Waals surface area contributed by atoms with Gasteiger partial charge in [-0.15, -0.1) is 12.4 Å². The highest BCUT2D eigenvalue weighted by Crippen LogP contribution is 2.27. The fourth-order valence-electron chi connectivity index (χ4n) is 2.09. The number of fused-ring (bicyclic) bond motifs is 1. The minimum atomic E-state index is -0.623. The zero-order chi connectivity index (χ0) is 10.5. The molecule has 0 bridgehead atoms. The maximum atomic E-state index is 13.5. The van der Waals surface area contributed by atoms with Crippen LogP contribution >= 0.6 is 12.4 Å². The summed E-state index contributed by atoms with van der Waals surface area (Å²) in [4.78, 5) is 11.4. The maximum absolute atomic E-state index is 13.5. The molecule has 3 nitrogen and oxygen atoms in total. The Morgan fingerprint density at radius 2 is 2.13 bits per heavy atom. The molecule has 0 unspecified atom stereocenters. The molecule has 1 aromatic heterocycles. The van der Waals surface area contributed by atoms with Gasteiger partial charge in [0.1, 0.15) is 0 Å². The van der Waals surface area contributed by atoms with E-state index in [0.717, 1.165) is 11.3 Å². The summed E-state index contributed by atoms with van der Waals surface area (Å²) >= 11 is 0. The molecule has 1 N–H and O–H groups in total. The molecule has 1 aliphatic rings. The molecule has 5 heteroatoms. The monoisotopic (exact) mass is 232 g/mol. The van der Waals surface area contributed by atoms with Gasteiger partial charge in [0.2, 0.25) is 0 Å². The van der Waals surface area contributed by atoms with Gasteiger partial charge < -0.3 is 9.88 Å². The predicted octanol–water partition coefficient (Wildman–Crippen LogP) is 1.42. The largest absolute Gasteiger partial charge is 0.312 e. The minimum absolute atomic E-state index is 0. The lowest BCUT2D eigenvalue weighted by Gasteiger charge is -2.11. The van der Waals surface area contributed by atoms with Gasteiger partial charge in [-0.25, -0.2) is 4.39 Å². The van der Waals surface area contributed by atoms with E-state index in [4.69, 9.17) is 0 Å². The summed E-state index contributed by atoms with van der Waals surface area (Å²) in [7, 11) is 1.61. The van der Waals surface area contributed by atoms with Crippen molar-refractivity contribution in [2.24, 2.45) is 7.05 Å². The Labute approximate surface area is 93.7 Å². The van der Waals surface area contributed by atoms with Crippen molar-refractivity contribution in [1.82, 2.24) is 9.88 Å². The van der Waals surface area contributed by atoms with E-state index in [1.165, 1.54) is 4.57 Å². The summed E-state index contributed by atoms with van der Waals surface area (Å²) in [5.74, 6) is -0.623. The average molecular weight is 233 g/mol. The Bertz CT molecular complexity index is 456. The molecule has 1 aliphatic heterocycles. The Kier molecular flexibility index (Phi) is 3.21. The summed E-state index contributed by atoms with van der Waals surface area (Å²) in [6.07, 6.45) is 0. The van der Waals surface area contributed by atoms with Crippen molar-refractivity contribution in [1.29, 1.82) is 0 Å². The summed E-state index contributed by atoms with van der Waals surface area (Å²) in [5, 5.41) is 3.19. The zero-order valence-electron chi connectivity index (χ0n) is 8.93. The number of hydrogen-bond acceptors (Lipinski definition) is 2. The van der Waals surface area contributed by atoms with E-state index in [9.17, 15) is 9.18 Å². The maximum Gasteiger partial charge on any atom is 0.286 e. The lowest BCUT2D eigenvalue weighted by atomic mass is 10.0. The minimum Gasteiger partial charge on any atom is -0.312 e. The quantitative estimate of drug-likeness (QED) is 0.734. The number of aromatic nitrogens is 1. The van der Waals surface area contributed by atoms with Crippen LogP contribution in [0.1, 0.15) is 29.8 Å². The smallest absolute Gasteiger partial charge is 0.286 e. The van der Waals surface area contributed by atoms with Crippen LogP contribution in [0.5, 0.6) is 0 Å². The third kappa shape index (κ3) is 1.58. The van der Waals surface area contributed by atoms with Gasteiger partial charge in [-0.05, 0) is 25.0 Å². The molecule has 0 saturated heterocycles. The Balaban J connectivity index is 0.00000112. The number of pyridine rings is 1. The molecule has 0 amide bonds. The molecule has 1 aromatic rings. The van der Waals surface area contributed by atoms with Crippen LogP contribution < -0.4 is 10.9 Å². The molecule has 2 heterocycles. The van der Waals surface area contributed by atoms with Crippen LogP contribution in [0.4, 0.5) is 4.39 Å². The lowest BCUT2D eigenvalue weighted by Crippen LogP contribution is -2.25. The highest BCUT2D eigenvalue weighted by molar-refractivity contribution is 5.85. The van der Waals surface area contributed by atoms with E-state index in [-0.39, 0.29) is 18.4 Å². The molecule has 0 aliphatic carbocycles. The summed E-state index contributed by atoms with van der Waals surface area (Å²) < 4.78 is 14.9. The van der Waals surface area contributed by atoms with Gasteiger partial charge in [-0.2, -0.15) is 0 Å². The topological polar surface area (TPSA) is 34.0 Å². The fourth-order valence-corrected chi connectivity index (χ4v) is 2.09. The molecular weight excluding hydrogens is 219 g/mol. The first kappa shape index (κ1) is 12.2. The van der Waals surface area contributed by atoms with E-state index < -0.39 is 11.4 Å². The van der Waals surface area contributed by atoms with E-state index in [0.29, 0.717) is 12.1 Å². The molecule has 1 atom stereocenters. The van der Waals surface area contributed by atoms with Crippen molar-refractivity contribution < 1.29 is 4.39 Å². The molecule has 0 saturated carbocycles. The van der Waals surface area contributed by atoms with Gasteiger partial charge in [0.15, 0.2) is 5.82 Å². The third-order valence-electron chi connectivity index (χ3n) is 2.95. The van der Waals surface area contributed by atoms with Crippen LogP contribution in [0.25, 0.3) is 0 Å². The third-order valence-corrected chi connectivity index (χ3v) is 2.95. The van der Waals surface area contributed by atoms with Gasteiger partial charge >= 0.3 is 0 Å². The summed E-state index contributed by atoms with van der Waals surface area (Å²) in [5.41, 5.74) is 1.80. The van der Waals surface area contributed by atoms with Crippen molar-refractivity contribution in [2.45, 2.75) is 26.4 Å².